The van der Waals surface area contributed by atoms with Gasteiger partial charge in [-0.1, -0.05) is 140 Å². The highest BCUT2D eigenvalue weighted by molar-refractivity contribution is 7.47. The van der Waals surface area contributed by atoms with Gasteiger partial charge in [0.05, 0.1) is 26.4 Å². The molecule has 3 unspecified atom stereocenters. The van der Waals surface area contributed by atoms with Crippen molar-refractivity contribution in [2.24, 2.45) is 11.5 Å². The van der Waals surface area contributed by atoms with E-state index < -0.39 is 45.8 Å². The molecule has 0 aromatic heterocycles. The third-order valence-electron chi connectivity index (χ3n) is 11.2. The minimum absolute atomic E-state index is 0.0499. The lowest BCUT2D eigenvalue weighted by atomic mass is 9.98. The molecule has 0 saturated carbocycles. The highest BCUT2D eigenvalue weighted by Gasteiger charge is 2.58. The minimum Gasteiger partial charge on any atom is -0.364 e. The van der Waals surface area contributed by atoms with Crippen LogP contribution >= 0.6 is 15.6 Å². The van der Waals surface area contributed by atoms with Crippen LogP contribution in [-0.4, -0.2) is 79.5 Å². The Morgan fingerprint density at radius 1 is 0.500 bits per heavy atom. The van der Waals surface area contributed by atoms with Crippen LogP contribution in [-0.2, 0) is 41.4 Å². The molecule has 0 bridgehead atoms. The first-order chi connectivity index (χ1) is 30.1. The van der Waals surface area contributed by atoms with E-state index in [0.29, 0.717) is 12.8 Å². The average molecular weight is 919 g/mol. The van der Waals surface area contributed by atoms with Crippen LogP contribution in [0.1, 0.15) is 181 Å². The molecule has 6 atom stereocenters. The fraction of sp³-hybridized carbons (Fsp3) is 0.830. The van der Waals surface area contributed by atoms with Crippen LogP contribution in [0.4, 0.5) is 0 Å². The molecule has 2 fully saturated rings. The van der Waals surface area contributed by atoms with Gasteiger partial charge in [-0.05, 0) is 77.0 Å². The molecule has 6 N–H and O–H groups in total. The lowest BCUT2D eigenvalue weighted by Gasteiger charge is -2.31. The number of nitrogens with two attached hydrogens (primary N) is 2. The van der Waals surface area contributed by atoms with Gasteiger partial charge in [0.15, 0.2) is 5.79 Å². The van der Waals surface area contributed by atoms with Gasteiger partial charge in [-0.15, -0.1) is 0 Å². The topological polar surface area (TPSA) is 191 Å². The first-order valence-electron chi connectivity index (χ1n) is 24.4. The van der Waals surface area contributed by atoms with E-state index in [1.54, 1.807) is 0 Å². The van der Waals surface area contributed by atoms with E-state index in [0.717, 1.165) is 64.2 Å². The molecule has 13 nitrogen and oxygen atoms in total. The Hall–Kier alpha value is -1.02. The van der Waals surface area contributed by atoms with Crippen molar-refractivity contribution in [2.75, 3.05) is 39.5 Å². The van der Waals surface area contributed by atoms with Gasteiger partial charge in [0, 0.05) is 25.9 Å². The Kier molecular flexibility index (Phi) is 33.3. The Morgan fingerprint density at radius 3 is 1.19 bits per heavy atom. The molecular formula is C47H88N2O11P2. The van der Waals surface area contributed by atoms with E-state index >= 15 is 0 Å². The van der Waals surface area contributed by atoms with Gasteiger partial charge < -0.3 is 35.5 Å². The second-order valence-corrected chi connectivity index (χ2v) is 19.6. The molecule has 0 aromatic rings. The van der Waals surface area contributed by atoms with Crippen molar-refractivity contribution in [3.63, 3.8) is 0 Å². The third kappa shape index (κ3) is 27.5. The molecule has 0 aliphatic carbocycles. The molecule has 2 saturated heterocycles. The molecule has 0 aromatic carbocycles. The zero-order chi connectivity index (χ0) is 45.0. The lowest BCUT2D eigenvalue weighted by molar-refractivity contribution is -0.221. The quantitative estimate of drug-likeness (QED) is 0.0257. The number of allylic oxidation sites excluding steroid dienone is 8. The first kappa shape index (κ1) is 57.1. The van der Waals surface area contributed by atoms with Crippen LogP contribution in [0.3, 0.4) is 0 Å². The van der Waals surface area contributed by atoms with Gasteiger partial charge in [-0.25, -0.2) is 9.13 Å². The second kappa shape index (κ2) is 36.1. The van der Waals surface area contributed by atoms with E-state index in [2.05, 4.69) is 62.5 Å². The summed E-state index contributed by atoms with van der Waals surface area (Å²) < 4.78 is 65.3. The smallest absolute Gasteiger partial charge is 0.364 e. The van der Waals surface area contributed by atoms with Gasteiger partial charge in [-0.2, -0.15) is 0 Å². The van der Waals surface area contributed by atoms with Crippen LogP contribution in [0.5, 0.6) is 0 Å². The van der Waals surface area contributed by atoms with Crippen molar-refractivity contribution in [2.45, 2.75) is 211 Å². The van der Waals surface area contributed by atoms with E-state index in [9.17, 15) is 18.9 Å². The SMILES string of the molecule is CCCCC/C=C\C/C=C\CCCCCCCCC1(CCCCCCCC/C=C\C/C=C\CCCCC)O[C@@H]2[C@H](COP(=O)(O)OCCN)OC(COP(=O)(O)OCCN)[C@H]2O1. The van der Waals surface area contributed by atoms with Crippen molar-refractivity contribution in [3.8, 4) is 0 Å². The summed E-state index contributed by atoms with van der Waals surface area (Å²) >= 11 is 0. The first-order valence-corrected chi connectivity index (χ1v) is 27.3. The lowest BCUT2D eigenvalue weighted by Crippen LogP contribution is -2.37. The highest BCUT2D eigenvalue weighted by atomic mass is 31.2. The summed E-state index contributed by atoms with van der Waals surface area (Å²) in [6.45, 7) is 3.61. The number of fused-ring (bicyclic) bond motifs is 1. The van der Waals surface area contributed by atoms with Crippen molar-refractivity contribution >= 4 is 15.6 Å². The number of rotatable bonds is 42. The zero-order valence-corrected chi connectivity index (χ0v) is 40.5. The van der Waals surface area contributed by atoms with Crippen LogP contribution in [0.25, 0.3) is 0 Å². The summed E-state index contributed by atoms with van der Waals surface area (Å²) in [5.74, 6) is -0.905. The van der Waals surface area contributed by atoms with Crippen molar-refractivity contribution in [3.05, 3.63) is 48.6 Å². The van der Waals surface area contributed by atoms with E-state index in [1.165, 1.54) is 89.9 Å². The molecule has 2 aliphatic heterocycles. The van der Waals surface area contributed by atoms with Crippen LogP contribution < -0.4 is 11.5 Å². The summed E-state index contributed by atoms with van der Waals surface area (Å²) in [5, 5.41) is 0. The summed E-state index contributed by atoms with van der Waals surface area (Å²) in [6.07, 6.45) is 44.2. The number of hydrogen-bond acceptors (Lipinski definition) is 11. The molecule has 15 heteroatoms. The molecule has 0 spiro atoms. The van der Waals surface area contributed by atoms with Gasteiger partial charge >= 0.3 is 15.6 Å². The predicted octanol–water partition coefficient (Wildman–Crippen LogP) is 11.8. The molecule has 0 radical (unpaired) electrons. The Balaban J connectivity index is 1.95. The van der Waals surface area contributed by atoms with Crippen LogP contribution in [0.2, 0.25) is 0 Å². The maximum Gasteiger partial charge on any atom is 0.472 e. The van der Waals surface area contributed by atoms with E-state index in [-0.39, 0.29) is 39.5 Å². The zero-order valence-electron chi connectivity index (χ0n) is 38.7. The highest BCUT2D eigenvalue weighted by Crippen LogP contribution is 2.49. The Morgan fingerprint density at radius 2 is 0.839 bits per heavy atom. The summed E-state index contributed by atoms with van der Waals surface area (Å²) in [7, 11) is -8.83. The largest absolute Gasteiger partial charge is 0.472 e. The summed E-state index contributed by atoms with van der Waals surface area (Å²) in [4.78, 5) is 20.4. The fourth-order valence-corrected chi connectivity index (χ4v) is 9.24. The fourth-order valence-electron chi connectivity index (χ4n) is 7.75. The average Bonchev–Trinajstić information content (AvgIpc) is 3.78. The Bertz CT molecular complexity index is 1220. The van der Waals surface area contributed by atoms with Crippen molar-refractivity contribution < 1.29 is 51.2 Å². The maximum absolute atomic E-state index is 12.5. The van der Waals surface area contributed by atoms with Gasteiger partial charge in [0.2, 0.25) is 0 Å². The number of phosphoric acid groups is 2. The molecule has 362 valence electrons. The van der Waals surface area contributed by atoms with Crippen molar-refractivity contribution in [1.29, 1.82) is 0 Å². The Labute approximate surface area is 376 Å². The summed E-state index contributed by atoms with van der Waals surface area (Å²) in [6, 6.07) is 0. The number of hydrogen-bond donors (Lipinski definition) is 4. The van der Waals surface area contributed by atoms with Gasteiger partial charge in [0.25, 0.3) is 0 Å². The second-order valence-electron chi connectivity index (χ2n) is 16.7. The monoisotopic (exact) mass is 919 g/mol. The van der Waals surface area contributed by atoms with Crippen molar-refractivity contribution in [1.82, 2.24) is 0 Å². The van der Waals surface area contributed by atoms with E-state index in [4.69, 9.17) is 43.8 Å². The summed E-state index contributed by atoms with van der Waals surface area (Å²) in [5.41, 5.74) is 10.9. The normalized spacial score (nSPS) is 22.2. The molecule has 62 heavy (non-hydrogen) atoms. The van der Waals surface area contributed by atoms with Gasteiger partial charge in [-0.3, -0.25) is 18.1 Å². The molecular weight excluding hydrogens is 830 g/mol. The standard InChI is InChI=1S/C47H88N2O11P2/c1-3-5-7-9-11-13-15-17-19-21-23-25-27-29-31-33-35-47(36-34-32-30-28-26-24-22-20-18-16-14-12-10-8-6-4-2)59-45-43(41-56-61(50,51)54-39-37-48)58-44(46(45)60-47)42-57-62(52,53)55-40-38-49/h11-14,17-20,43-46H,3-10,15-16,21-42,48-49H2,1-2H3,(H,50,51)(H,52,53)/b13-11-,14-12-,19-17-,20-18-/t43-,44?,45+,46+/m0/s1. The van der Waals surface area contributed by atoms with Gasteiger partial charge in [0.1, 0.15) is 24.4 Å². The molecule has 2 aliphatic rings. The predicted molar refractivity (Wildman–Crippen MR) is 251 cm³/mol. The molecule has 0 amide bonds. The van der Waals surface area contributed by atoms with E-state index in [1.807, 2.05) is 0 Å². The van der Waals surface area contributed by atoms with Crippen LogP contribution in [0.15, 0.2) is 48.6 Å². The number of unbranched alkanes of at least 4 members (excludes halogenated alkanes) is 18. The molecule has 2 heterocycles. The van der Waals surface area contributed by atoms with Crippen LogP contribution in [0, 0.1) is 0 Å². The maximum atomic E-state index is 12.5. The third-order valence-corrected chi connectivity index (χ3v) is 13.1. The number of ether oxygens (including phenoxy) is 3. The molecule has 2 rings (SSSR count). The number of phosphoric ester groups is 2. The minimum atomic E-state index is -4.42.